The maximum absolute atomic E-state index is 11.3. The molecule has 10 nitrogen and oxygen atoms in total. The highest BCUT2D eigenvalue weighted by Crippen LogP contribution is 2.28. The van der Waals surface area contributed by atoms with E-state index in [-0.39, 0.29) is 17.1 Å². The van der Waals surface area contributed by atoms with Crippen molar-refractivity contribution in [1.29, 1.82) is 0 Å². The Kier molecular flexibility index (Phi) is 7.81. The lowest BCUT2D eigenvalue weighted by Gasteiger charge is -2.21. The van der Waals surface area contributed by atoms with E-state index < -0.39 is 21.5 Å². The Balaban J connectivity index is 2.00. The normalized spacial score (nSPS) is 11.1. The van der Waals surface area contributed by atoms with Crippen molar-refractivity contribution in [3.63, 3.8) is 0 Å². The molecule has 0 saturated carbocycles. The zero-order chi connectivity index (χ0) is 28.1. The Morgan fingerprint density at radius 3 is 1.46 bits per heavy atom. The van der Waals surface area contributed by atoms with Gasteiger partial charge < -0.3 is 4.90 Å². The third-order valence-electron chi connectivity index (χ3n) is 6.33. The average molecular weight is 522 g/mol. The Morgan fingerprint density at radius 2 is 1.05 bits per heavy atom. The molecular weight excluding hydrogens is 499 g/mol. The number of benzene rings is 4. The van der Waals surface area contributed by atoms with Crippen LogP contribution in [-0.2, 0) is 0 Å². The van der Waals surface area contributed by atoms with E-state index in [2.05, 4.69) is 0 Å². The number of nitro benzene ring substituents is 3. The number of hydrogen-bond acceptors (Lipinski definition) is 7. The maximum Gasteiger partial charge on any atom is 0.269 e. The predicted molar refractivity (Wildman–Crippen MR) is 153 cm³/mol. The van der Waals surface area contributed by atoms with Crippen LogP contribution in [0.4, 0.5) is 22.7 Å². The monoisotopic (exact) mass is 522 g/mol. The molecule has 0 aliphatic heterocycles. The second-order valence-corrected chi connectivity index (χ2v) is 8.99. The minimum atomic E-state index is -0.511. The smallest absolute Gasteiger partial charge is 0.269 e. The zero-order valence-corrected chi connectivity index (χ0v) is 21.1. The molecule has 194 valence electrons. The van der Waals surface area contributed by atoms with Crippen LogP contribution < -0.4 is 15.8 Å². The third-order valence-corrected chi connectivity index (χ3v) is 6.33. The fourth-order valence-corrected chi connectivity index (χ4v) is 4.42. The Hall–Kier alpha value is -5.32. The topological polar surface area (TPSA) is 133 Å². The van der Waals surface area contributed by atoms with Gasteiger partial charge in [0.15, 0.2) is 0 Å². The van der Waals surface area contributed by atoms with Crippen molar-refractivity contribution in [2.45, 2.75) is 0 Å². The van der Waals surface area contributed by atoms with Gasteiger partial charge in [-0.2, -0.15) is 0 Å². The van der Waals surface area contributed by atoms with Gasteiger partial charge in [-0.1, -0.05) is 64.9 Å². The first kappa shape index (κ1) is 26.7. The molecule has 0 saturated heterocycles. The zero-order valence-electron chi connectivity index (χ0n) is 21.1. The largest absolute Gasteiger partial charge is 0.377 e. The molecule has 0 atom stereocenters. The van der Waals surface area contributed by atoms with E-state index in [1.54, 1.807) is 36.4 Å². The Labute approximate surface area is 224 Å². The standard InChI is InChI=1S/C28H23BN4O6/c1-30(2)28-6-4-3-5-21(28)19-27(20-7-13-24(14-8-20)31(34)35)29(22-9-15-25(16-10-22)32(36)37)23-11-17-26(18-12-23)33(38)39/h3-19H,1-2H3/b27-19-. The summed E-state index contributed by atoms with van der Waals surface area (Å²) in [6.07, 6.45) is 1.98. The molecule has 0 heterocycles. The van der Waals surface area contributed by atoms with Gasteiger partial charge in [0.25, 0.3) is 17.1 Å². The molecule has 0 radical (unpaired) electrons. The predicted octanol–water partition coefficient (Wildman–Crippen LogP) is 4.87. The maximum atomic E-state index is 11.3. The van der Waals surface area contributed by atoms with Crippen molar-refractivity contribution < 1.29 is 14.8 Å². The van der Waals surface area contributed by atoms with E-state index >= 15 is 0 Å². The first-order valence-electron chi connectivity index (χ1n) is 11.9. The molecule has 0 spiro atoms. The number of para-hydroxylation sites is 1. The van der Waals surface area contributed by atoms with E-state index in [0.717, 1.165) is 16.7 Å². The van der Waals surface area contributed by atoms with Crippen molar-refractivity contribution in [3.05, 3.63) is 139 Å². The van der Waals surface area contributed by atoms with Gasteiger partial charge in [0.2, 0.25) is 6.71 Å². The van der Waals surface area contributed by atoms with Crippen molar-refractivity contribution in [3.8, 4) is 0 Å². The van der Waals surface area contributed by atoms with Crippen LogP contribution in [0.2, 0.25) is 0 Å². The van der Waals surface area contributed by atoms with Crippen LogP contribution >= 0.6 is 0 Å². The molecule has 0 fully saturated rings. The second-order valence-electron chi connectivity index (χ2n) is 8.99. The van der Waals surface area contributed by atoms with Crippen LogP contribution in [0.5, 0.6) is 0 Å². The lowest BCUT2D eigenvalue weighted by Crippen LogP contribution is -2.43. The SMILES string of the molecule is CN(C)c1ccccc1/C=C(\B(c1ccc([N+](=O)[O-])cc1)c1ccc([N+](=O)[O-])cc1)c1ccc([N+](=O)[O-])cc1. The molecular formula is C28H23BN4O6. The summed E-state index contributed by atoms with van der Waals surface area (Å²) in [6.45, 7) is -0.511. The van der Waals surface area contributed by atoms with Gasteiger partial charge in [0.1, 0.15) is 0 Å². The van der Waals surface area contributed by atoms with Gasteiger partial charge in [-0.15, -0.1) is 0 Å². The van der Waals surface area contributed by atoms with Gasteiger partial charge in [0.05, 0.1) is 14.8 Å². The summed E-state index contributed by atoms with van der Waals surface area (Å²) in [6, 6.07) is 26.2. The fourth-order valence-electron chi connectivity index (χ4n) is 4.42. The van der Waals surface area contributed by atoms with Gasteiger partial charge >= 0.3 is 0 Å². The van der Waals surface area contributed by atoms with Crippen LogP contribution in [0.3, 0.4) is 0 Å². The molecule has 4 rings (SSSR count). The summed E-state index contributed by atoms with van der Waals surface area (Å²) in [5.74, 6) is 0. The molecule has 0 bridgehead atoms. The van der Waals surface area contributed by atoms with E-state index in [1.807, 2.05) is 49.3 Å². The van der Waals surface area contributed by atoms with E-state index in [0.29, 0.717) is 16.5 Å². The van der Waals surface area contributed by atoms with Crippen molar-refractivity contribution in [2.24, 2.45) is 0 Å². The molecule has 0 aliphatic rings. The van der Waals surface area contributed by atoms with Crippen molar-refractivity contribution in [1.82, 2.24) is 0 Å². The van der Waals surface area contributed by atoms with Gasteiger partial charge in [-0.05, 0) is 29.3 Å². The molecule has 11 heteroatoms. The second kappa shape index (κ2) is 11.4. The molecule has 4 aromatic carbocycles. The Bertz CT molecular complexity index is 1500. The molecule has 0 amide bonds. The molecule has 0 unspecified atom stereocenters. The van der Waals surface area contributed by atoms with Crippen LogP contribution in [0.25, 0.3) is 11.5 Å². The highest BCUT2D eigenvalue weighted by Gasteiger charge is 2.27. The van der Waals surface area contributed by atoms with Crippen LogP contribution in [0, 0.1) is 30.3 Å². The highest BCUT2D eigenvalue weighted by atomic mass is 16.6. The average Bonchev–Trinajstić information content (AvgIpc) is 2.93. The molecule has 39 heavy (non-hydrogen) atoms. The third kappa shape index (κ3) is 5.99. The molecule has 0 aliphatic carbocycles. The minimum Gasteiger partial charge on any atom is -0.377 e. The number of nitrogens with zero attached hydrogens (tertiary/aromatic N) is 4. The summed E-state index contributed by atoms with van der Waals surface area (Å²) in [5.41, 5.74) is 4.47. The number of non-ortho nitro benzene ring substituents is 3. The van der Waals surface area contributed by atoms with E-state index in [1.165, 1.54) is 36.4 Å². The summed E-state index contributed by atoms with van der Waals surface area (Å²) in [7, 11) is 3.84. The van der Waals surface area contributed by atoms with E-state index in [4.69, 9.17) is 0 Å². The number of anilines is 1. The highest BCUT2D eigenvalue weighted by molar-refractivity contribution is 7.00. The summed E-state index contributed by atoms with van der Waals surface area (Å²) in [4.78, 5) is 34.5. The molecule has 0 aromatic heterocycles. The van der Waals surface area contributed by atoms with Crippen LogP contribution in [0.15, 0.2) is 97.1 Å². The number of hydrogen-bond donors (Lipinski definition) is 0. The molecule has 0 N–H and O–H groups in total. The summed E-state index contributed by atoms with van der Waals surface area (Å²) < 4.78 is 0. The minimum absolute atomic E-state index is 0.0611. The summed E-state index contributed by atoms with van der Waals surface area (Å²) in [5, 5.41) is 33.9. The lowest BCUT2D eigenvalue weighted by atomic mass is 9.35. The summed E-state index contributed by atoms with van der Waals surface area (Å²) >= 11 is 0. The fraction of sp³-hybridized carbons (Fsp3) is 0.0714. The van der Waals surface area contributed by atoms with Crippen LogP contribution in [0.1, 0.15) is 11.1 Å². The quantitative estimate of drug-likeness (QED) is 0.133. The molecule has 4 aromatic rings. The van der Waals surface area contributed by atoms with Crippen LogP contribution in [-0.4, -0.2) is 35.6 Å². The Morgan fingerprint density at radius 1 is 0.641 bits per heavy atom. The number of rotatable bonds is 9. The van der Waals surface area contributed by atoms with Gasteiger partial charge in [-0.25, -0.2) is 0 Å². The lowest BCUT2D eigenvalue weighted by molar-refractivity contribution is -0.385. The van der Waals surface area contributed by atoms with E-state index in [9.17, 15) is 30.3 Å². The first-order chi connectivity index (χ1) is 18.7. The van der Waals surface area contributed by atoms with Gasteiger partial charge in [-0.3, -0.25) is 30.3 Å². The number of nitro groups is 3. The first-order valence-corrected chi connectivity index (χ1v) is 11.9. The van der Waals surface area contributed by atoms with Gasteiger partial charge in [0, 0.05) is 56.2 Å². The van der Waals surface area contributed by atoms with Crippen molar-refractivity contribution >= 4 is 51.9 Å². The van der Waals surface area contributed by atoms with Crippen molar-refractivity contribution in [2.75, 3.05) is 19.0 Å².